The Hall–Kier alpha value is -3.74. The van der Waals surface area contributed by atoms with Crippen molar-refractivity contribution in [3.8, 4) is 0 Å². The number of hydrogen-bond donors (Lipinski definition) is 4. The van der Waals surface area contributed by atoms with E-state index in [0.717, 1.165) is 6.08 Å². The molecule has 7 N–H and O–H groups in total. The summed E-state index contributed by atoms with van der Waals surface area (Å²) in [4.78, 5) is 47.7. The lowest BCUT2D eigenvalue weighted by Gasteiger charge is -2.29. The Kier molecular flexibility index (Phi) is 14.2. The number of carbonyl (C=O) groups is 4. The second kappa shape index (κ2) is 16.5. The molecule has 0 bridgehead atoms. The van der Waals surface area contributed by atoms with E-state index in [4.69, 9.17) is 31.4 Å². The second-order valence-electron chi connectivity index (χ2n) is 10.0. The number of aliphatic hydroxyl groups is 1. The molecule has 6 atom stereocenters. The molecule has 0 radical (unpaired) electrons. The van der Waals surface area contributed by atoms with Crippen molar-refractivity contribution in [2.45, 2.75) is 65.0 Å². The van der Waals surface area contributed by atoms with Crippen LogP contribution in [0.25, 0.3) is 0 Å². The quantitative estimate of drug-likeness (QED) is 0.0725. The summed E-state index contributed by atoms with van der Waals surface area (Å²) in [5.41, 5.74) is 17.6. The minimum Gasteiger partial charge on any atom is -0.466 e. The molecule has 0 aromatic heterocycles. The molecular formula is C29H43N3O9. The lowest BCUT2D eigenvalue weighted by Crippen LogP contribution is -2.37. The molecule has 6 unspecified atom stereocenters. The predicted octanol–water partition coefficient (Wildman–Crippen LogP) is 1.72. The first-order chi connectivity index (χ1) is 19.2. The van der Waals surface area contributed by atoms with Crippen LogP contribution in [0.2, 0.25) is 0 Å². The summed E-state index contributed by atoms with van der Waals surface area (Å²) >= 11 is 0. The average molecular weight is 578 g/mol. The molecule has 41 heavy (non-hydrogen) atoms. The van der Waals surface area contributed by atoms with Gasteiger partial charge in [-0.1, -0.05) is 38.2 Å². The Labute approximate surface area is 240 Å². The lowest BCUT2D eigenvalue weighted by molar-refractivity contribution is -0.136. The van der Waals surface area contributed by atoms with E-state index in [1.165, 1.54) is 27.4 Å². The number of ketones is 2. The number of amides is 1. The highest BCUT2D eigenvalue weighted by molar-refractivity contribution is 6.21. The minimum absolute atomic E-state index is 0.129. The third kappa shape index (κ3) is 10.3. The van der Waals surface area contributed by atoms with Crippen LogP contribution in [-0.2, 0) is 33.3 Å². The van der Waals surface area contributed by atoms with Gasteiger partial charge in [-0.05, 0) is 38.2 Å². The summed E-state index contributed by atoms with van der Waals surface area (Å²) in [5, 5.41) is 11.1. The highest BCUT2D eigenvalue weighted by Gasteiger charge is 2.31. The van der Waals surface area contributed by atoms with Crippen molar-refractivity contribution in [1.82, 2.24) is 0 Å². The van der Waals surface area contributed by atoms with E-state index < -0.39 is 54.0 Å². The molecule has 0 aliphatic heterocycles. The number of esters is 1. The van der Waals surface area contributed by atoms with Crippen LogP contribution < -0.4 is 17.2 Å². The molecule has 12 nitrogen and oxygen atoms in total. The van der Waals surface area contributed by atoms with E-state index in [2.05, 4.69) is 4.74 Å². The van der Waals surface area contributed by atoms with Crippen LogP contribution in [-0.4, -0.2) is 74.5 Å². The van der Waals surface area contributed by atoms with Crippen molar-refractivity contribution in [2.75, 3.05) is 21.3 Å². The fraction of sp³-hybridized carbons (Fsp3) is 0.517. The van der Waals surface area contributed by atoms with Crippen molar-refractivity contribution in [2.24, 2.45) is 29.0 Å². The first-order valence-corrected chi connectivity index (χ1v) is 13.0. The molecule has 0 heterocycles. The van der Waals surface area contributed by atoms with Gasteiger partial charge >= 0.3 is 12.1 Å². The van der Waals surface area contributed by atoms with E-state index in [-0.39, 0.29) is 29.3 Å². The second-order valence-corrected chi connectivity index (χ2v) is 10.0. The van der Waals surface area contributed by atoms with Crippen LogP contribution >= 0.6 is 0 Å². The van der Waals surface area contributed by atoms with Gasteiger partial charge in [0, 0.05) is 37.4 Å². The Balaban J connectivity index is 3.08. The number of primary amides is 1. The maximum absolute atomic E-state index is 12.4. The summed E-state index contributed by atoms with van der Waals surface area (Å²) in [6.07, 6.45) is 3.60. The van der Waals surface area contributed by atoms with Crippen LogP contribution in [0, 0.1) is 11.8 Å². The zero-order valence-electron chi connectivity index (χ0n) is 24.7. The van der Waals surface area contributed by atoms with Crippen molar-refractivity contribution in [3.63, 3.8) is 0 Å². The fourth-order valence-electron chi connectivity index (χ4n) is 4.47. The van der Waals surface area contributed by atoms with Crippen LogP contribution in [0.15, 0.2) is 58.5 Å². The van der Waals surface area contributed by atoms with Gasteiger partial charge in [-0.2, -0.15) is 0 Å². The minimum atomic E-state index is -1.02. The van der Waals surface area contributed by atoms with Crippen LogP contribution in [0.5, 0.6) is 0 Å². The molecule has 12 heteroatoms. The molecule has 0 fully saturated rings. The lowest BCUT2D eigenvalue weighted by atomic mass is 9.85. The Bertz CT molecular complexity index is 1140. The molecular weight excluding hydrogens is 534 g/mol. The maximum atomic E-state index is 12.4. The van der Waals surface area contributed by atoms with Crippen molar-refractivity contribution in [3.05, 3.63) is 58.5 Å². The van der Waals surface area contributed by atoms with Gasteiger partial charge in [0.25, 0.3) is 0 Å². The number of methoxy groups -OCH3 is 3. The summed E-state index contributed by atoms with van der Waals surface area (Å²) in [6, 6.07) is 0. The Morgan fingerprint density at radius 1 is 1.07 bits per heavy atom. The van der Waals surface area contributed by atoms with Crippen molar-refractivity contribution >= 4 is 23.6 Å². The average Bonchev–Trinajstić information content (AvgIpc) is 2.92. The zero-order chi connectivity index (χ0) is 31.4. The number of allylic oxidation sites excluding steroid dienone is 4. The molecule has 1 aliphatic rings. The van der Waals surface area contributed by atoms with Gasteiger partial charge in [0.15, 0.2) is 6.10 Å². The molecule has 0 saturated heterocycles. The fourth-order valence-corrected chi connectivity index (χ4v) is 4.47. The molecule has 0 saturated carbocycles. The third-order valence-electron chi connectivity index (χ3n) is 6.77. The monoisotopic (exact) mass is 577 g/mol. The smallest absolute Gasteiger partial charge is 0.405 e. The van der Waals surface area contributed by atoms with Crippen LogP contribution in [0.1, 0.15) is 40.5 Å². The summed E-state index contributed by atoms with van der Waals surface area (Å²) in [6.45, 7) is 6.90. The van der Waals surface area contributed by atoms with Gasteiger partial charge < -0.3 is 41.3 Å². The van der Waals surface area contributed by atoms with Gasteiger partial charge in [-0.25, -0.2) is 9.59 Å². The summed E-state index contributed by atoms with van der Waals surface area (Å²) in [5.74, 6) is -2.15. The number of carbonyl (C=O) groups excluding carboxylic acids is 4. The summed E-state index contributed by atoms with van der Waals surface area (Å²) in [7, 11) is 4.16. The first-order valence-electron chi connectivity index (χ1n) is 13.0. The number of ether oxygens (including phenoxy) is 4. The van der Waals surface area contributed by atoms with Crippen LogP contribution in [0.3, 0.4) is 0 Å². The number of aliphatic hydroxyl groups excluding tert-OH is 1. The first kappa shape index (κ1) is 35.3. The molecule has 0 aromatic carbocycles. The predicted molar refractivity (Wildman–Crippen MR) is 152 cm³/mol. The van der Waals surface area contributed by atoms with Crippen molar-refractivity contribution in [1.29, 1.82) is 0 Å². The number of hydrogen-bond acceptors (Lipinski definition) is 11. The maximum Gasteiger partial charge on any atom is 0.405 e. The SMILES string of the molecule is COC(=O)/C(C)=C/C=C/C(OC)C(OC(N)=O)/C(C)=C/C(C)C(O)C(CC(C)CC1=C(N)C(=O)C=C(N)C1=O)OC. The van der Waals surface area contributed by atoms with Crippen LogP contribution in [0.4, 0.5) is 4.79 Å². The normalized spacial score (nSPS) is 19.4. The zero-order valence-corrected chi connectivity index (χ0v) is 24.7. The largest absolute Gasteiger partial charge is 0.466 e. The summed E-state index contributed by atoms with van der Waals surface area (Å²) < 4.78 is 21.1. The molecule has 1 rings (SSSR count). The molecule has 1 amide bonds. The van der Waals surface area contributed by atoms with E-state index in [1.807, 2.05) is 6.92 Å². The van der Waals surface area contributed by atoms with Gasteiger partial charge in [-0.3, -0.25) is 9.59 Å². The van der Waals surface area contributed by atoms with E-state index in [0.29, 0.717) is 17.6 Å². The highest BCUT2D eigenvalue weighted by atomic mass is 16.6. The molecule has 1 aliphatic carbocycles. The van der Waals surface area contributed by atoms with Crippen molar-refractivity contribution < 1.29 is 43.2 Å². The molecule has 228 valence electrons. The Morgan fingerprint density at radius 2 is 1.71 bits per heavy atom. The standard InChI is InChI=1S/C29H43N3O9/c1-15(11-19-24(31)21(33)14-20(30)26(19)35)12-23(39-6)25(34)17(3)13-18(4)27(41-29(32)37)22(38-5)10-8-9-16(2)28(36)40-7/h8-10,13-15,17,22-23,25,27,34H,11-12,30-31H2,1-7H3,(H2,32,37)/b10-8+,16-9+,18-13+. The van der Waals surface area contributed by atoms with Gasteiger partial charge in [0.05, 0.1) is 30.7 Å². The topological polar surface area (TPSA) is 203 Å². The molecule has 0 aromatic rings. The third-order valence-corrected chi connectivity index (χ3v) is 6.77. The van der Waals surface area contributed by atoms with E-state index in [9.17, 15) is 24.3 Å². The number of Topliss-reactive ketones (excluding diaryl/α,β-unsaturated/α-hetero) is 1. The number of nitrogens with two attached hydrogens (primary N) is 3. The van der Waals surface area contributed by atoms with Gasteiger partial charge in [0.1, 0.15) is 6.10 Å². The number of rotatable bonds is 15. The molecule has 0 spiro atoms. The highest BCUT2D eigenvalue weighted by Crippen LogP contribution is 2.27. The van der Waals surface area contributed by atoms with E-state index >= 15 is 0 Å². The van der Waals surface area contributed by atoms with Gasteiger partial charge in [0.2, 0.25) is 11.6 Å². The van der Waals surface area contributed by atoms with E-state index in [1.54, 1.807) is 39.0 Å². The van der Waals surface area contributed by atoms with Gasteiger partial charge in [-0.15, -0.1) is 0 Å². The Morgan fingerprint density at radius 3 is 2.24 bits per heavy atom.